The molecule has 0 bridgehead atoms. The van der Waals surface area contributed by atoms with Crippen LogP contribution in [0.15, 0.2) is 0 Å². The van der Waals surface area contributed by atoms with Crippen LogP contribution < -0.4 is 5.32 Å². The number of rotatable bonds is 3. The number of hydrogen-bond donors (Lipinski definition) is 1. The number of anilines is 1. The SMILES string of the molecule is CCC(C)c1nsc(NC(C)(C)C)n1. The van der Waals surface area contributed by atoms with Gasteiger partial charge in [-0.25, -0.2) is 4.98 Å². The second-order valence-corrected chi connectivity index (χ2v) is 5.39. The summed E-state index contributed by atoms with van der Waals surface area (Å²) in [6, 6.07) is 0. The van der Waals surface area contributed by atoms with Crippen LogP contribution >= 0.6 is 11.5 Å². The molecule has 1 aromatic heterocycles. The van der Waals surface area contributed by atoms with Crippen molar-refractivity contribution >= 4 is 16.7 Å². The van der Waals surface area contributed by atoms with Crippen LogP contribution in [-0.2, 0) is 0 Å². The Hall–Kier alpha value is -0.640. The van der Waals surface area contributed by atoms with E-state index >= 15 is 0 Å². The Morgan fingerprint density at radius 1 is 1.43 bits per heavy atom. The quantitative estimate of drug-likeness (QED) is 0.837. The van der Waals surface area contributed by atoms with E-state index in [9.17, 15) is 0 Å². The Kier molecular flexibility index (Phi) is 3.48. The number of aromatic nitrogens is 2. The van der Waals surface area contributed by atoms with Crippen molar-refractivity contribution in [3.05, 3.63) is 5.82 Å². The summed E-state index contributed by atoms with van der Waals surface area (Å²) in [5.41, 5.74) is 0.0618. The van der Waals surface area contributed by atoms with Crippen LogP contribution in [0.2, 0.25) is 0 Å². The monoisotopic (exact) mass is 213 g/mol. The minimum absolute atomic E-state index is 0.0618. The third-order valence-electron chi connectivity index (χ3n) is 1.98. The molecule has 1 atom stereocenters. The fraction of sp³-hybridized carbons (Fsp3) is 0.800. The molecule has 14 heavy (non-hydrogen) atoms. The zero-order valence-corrected chi connectivity index (χ0v) is 10.4. The average molecular weight is 213 g/mol. The molecule has 1 aromatic rings. The van der Waals surface area contributed by atoms with E-state index in [1.165, 1.54) is 11.5 Å². The molecule has 0 aliphatic heterocycles. The predicted octanol–water partition coefficient (Wildman–Crippen LogP) is 3.26. The number of hydrogen-bond acceptors (Lipinski definition) is 4. The first-order chi connectivity index (χ1) is 6.42. The largest absolute Gasteiger partial charge is 0.356 e. The van der Waals surface area contributed by atoms with Gasteiger partial charge in [0.15, 0.2) is 0 Å². The fourth-order valence-electron chi connectivity index (χ4n) is 0.989. The first-order valence-corrected chi connectivity index (χ1v) is 5.81. The summed E-state index contributed by atoms with van der Waals surface area (Å²) in [5, 5.41) is 4.25. The maximum Gasteiger partial charge on any atom is 0.202 e. The Morgan fingerprint density at radius 3 is 2.57 bits per heavy atom. The van der Waals surface area contributed by atoms with Crippen molar-refractivity contribution < 1.29 is 0 Å². The molecule has 1 unspecified atom stereocenters. The van der Waals surface area contributed by atoms with Gasteiger partial charge in [0.2, 0.25) is 5.13 Å². The minimum atomic E-state index is 0.0618. The zero-order chi connectivity index (χ0) is 10.8. The van der Waals surface area contributed by atoms with Crippen LogP contribution in [0.3, 0.4) is 0 Å². The summed E-state index contributed by atoms with van der Waals surface area (Å²) in [6.07, 6.45) is 1.09. The van der Waals surface area contributed by atoms with Crippen LogP contribution in [0, 0.1) is 0 Å². The van der Waals surface area contributed by atoms with Gasteiger partial charge in [0.05, 0.1) is 0 Å². The van der Waals surface area contributed by atoms with E-state index in [-0.39, 0.29) is 5.54 Å². The molecular formula is C10H19N3S. The van der Waals surface area contributed by atoms with Crippen molar-refractivity contribution in [1.29, 1.82) is 0 Å². The molecule has 0 spiro atoms. The van der Waals surface area contributed by atoms with E-state index in [0.29, 0.717) is 5.92 Å². The lowest BCUT2D eigenvalue weighted by molar-refractivity contribution is 0.630. The highest BCUT2D eigenvalue weighted by molar-refractivity contribution is 7.09. The Labute approximate surface area is 90.1 Å². The maximum absolute atomic E-state index is 4.46. The topological polar surface area (TPSA) is 37.8 Å². The van der Waals surface area contributed by atoms with Crippen molar-refractivity contribution in [3.8, 4) is 0 Å². The molecule has 0 saturated carbocycles. The van der Waals surface area contributed by atoms with Gasteiger partial charge in [-0.1, -0.05) is 13.8 Å². The van der Waals surface area contributed by atoms with Gasteiger partial charge in [-0.15, -0.1) is 0 Å². The summed E-state index contributed by atoms with van der Waals surface area (Å²) in [6.45, 7) is 10.7. The molecule has 0 aromatic carbocycles. The number of nitrogens with one attached hydrogen (secondary N) is 1. The summed E-state index contributed by atoms with van der Waals surface area (Å²) < 4.78 is 4.34. The van der Waals surface area contributed by atoms with Gasteiger partial charge in [-0.2, -0.15) is 4.37 Å². The van der Waals surface area contributed by atoms with Gasteiger partial charge in [0.25, 0.3) is 0 Å². The van der Waals surface area contributed by atoms with Crippen LogP contribution in [0.1, 0.15) is 52.8 Å². The van der Waals surface area contributed by atoms with Gasteiger partial charge in [-0.05, 0) is 27.2 Å². The van der Waals surface area contributed by atoms with E-state index in [1.807, 2.05) is 0 Å². The highest BCUT2D eigenvalue weighted by Gasteiger charge is 2.14. The molecule has 0 amide bonds. The Bertz CT molecular complexity index is 288. The molecule has 0 fully saturated rings. The number of nitrogens with zero attached hydrogens (tertiary/aromatic N) is 2. The standard InChI is InChI=1S/C10H19N3S/c1-6-7(2)8-11-9(14-13-8)12-10(3,4)5/h7H,6H2,1-5H3,(H,11,12,13). The Morgan fingerprint density at radius 2 is 2.07 bits per heavy atom. The van der Waals surface area contributed by atoms with Crippen molar-refractivity contribution in [3.63, 3.8) is 0 Å². The van der Waals surface area contributed by atoms with Gasteiger partial charge in [-0.3, -0.25) is 0 Å². The maximum atomic E-state index is 4.46. The molecule has 0 radical (unpaired) electrons. The van der Waals surface area contributed by atoms with E-state index in [2.05, 4.69) is 49.3 Å². The molecule has 0 saturated heterocycles. The van der Waals surface area contributed by atoms with E-state index in [1.54, 1.807) is 0 Å². The lowest BCUT2D eigenvalue weighted by Crippen LogP contribution is -2.25. The van der Waals surface area contributed by atoms with Crippen molar-refractivity contribution in [2.45, 2.75) is 52.5 Å². The van der Waals surface area contributed by atoms with Gasteiger partial charge in [0, 0.05) is 23.0 Å². The first kappa shape index (κ1) is 11.4. The molecule has 4 heteroatoms. The third kappa shape index (κ3) is 3.25. The molecular weight excluding hydrogens is 194 g/mol. The normalized spacial score (nSPS) is 14.1. The molecule has 80 valence electrons. The molecule has 3 nitrogen and oxygen atoms in total. The zero-order valence-electron chi connectivity index (χ0n) is 9.59. The molecule has 0 aliphatic carbocycles. The smallest absolute Gasteiger partial charge is 0.202 e. The predicted molar refractivity (Wildman–Crippen MR) is 62.0 cm³/mol. The van der Waals surface area contributed by atoms with E-state index in [4.69, 9.17) is 0 Å². The summed E-state index contributed by atoms with van der Waals surface area (Å²) in [4.78, 5) is 4.46. The van der Waals surface area contributed by atoms with Crippen molar-refractivity contribution in [2.24, 2.45) is 0 Å². The third-order valence-corrected chi connectivity index (χ3v) is 2.62. The fourth-order valence-corrected chi connectivity index (χ4v) is 1.88. The van der Waals surface area contributed by atoms with Crippen LogP contribution in [0.5, 0.6) is 0 Å². The highest BCUT2D eigenvalue weighted by atomic mass is 32.1. The van der Waals surface area contributed by atoms with E-state index in [0.717, 1.165) is 17.4 Å². The average Bonchev–Trinajstić information content (AvgIpc) is 2.48. The second kappa shape index (κ2) is 4.26. The highest BCUT2D eigenvalue weighted by Crippen LogP contribution is 2.22. The summed E-state index contributed by atoms with van der Waals surface area (Å²) in [7, 11) is 0. The molecule has 1 heterocycles. The van der Waals surface area contributed by atoms with Gasteiger partial charge in [0.1, 0.15) is 5.82 Å². The van der Waals surface area contributed by atoms with Crippen LogP contribution in [0.4, 0.5) is 5.13 Å². The molecule has 0 aliphatic rings. The van der Waals surface area contributed by atoms with Crippen molar-refractivity contribution in [1.82, 2.24) is 9.36 Å². The first-order valence-electron chi connectivity index (χ1n) is 5.04. The molecule has 1 rings (SSSR count). The van der Waals surface area contributed by atoms with Gasteiger partial charge >= 0.3 is 0 Å². The van der Waals surface area contributed by atoms with Crippen molar-refractivity contribution in [2.75, 3.05) is 5.32 Å². The lowest BCUT2D eigenvalue weighted by Gasteiger charge is -2.18. The van der Waals surface area contributed by atoms with E-state index < -0.39 is 0 Å². The second-order valence-electron chi connectivity index (χ2n) is 4.64. The Balaban J connectivity index is 2.69. The summed E-state index contributed by atoms with van der Waals surface area (Å²) >= 11 is 1.45. The minimum Gasteiger partial charge on any atom is -0.356 e. The molecule has 1 N–H and O–H groups in total. The van der Waals surface area contributed by atoms with Crippen LogP contribution in [0.25, 0.3) is 0 Å². The lowest BCUT2D eigenvalue weighted by atomic mass is 10.1. The van der Waals surface area contributed by atoms with Gasteiger partial charge < -0.3 is 5.32 Å². The summed E-state index contributed by atoms with van der Waals surface area (Å²) in [5.74, 6) is 1.42. The van der Waals surface area contributed by atoms with Crippen LogP contribution in [-0.4, -0.2) is 14.9 Å².